The lowest BCUT2D eigenvalue weighted by atomic mass is 10.2. The van der Waals surface area contributed by atoms with Gasteiger partial charge in [-0.2, -0.15) is 0 Å². The number of aryl methyl sites for hydroxylation is 1. The molecule has 1 atom stereocenters. The SMILES string of the molecule is Cc1nnc2n1CCN(C)C2C. The molecule has 0 aliphatic carbocycles. The van der Waals surface area contributed by atoms with E-state index in [1.807, 2.05) is 6.92 Å². The molecule has 0 spiro atoms. The summed E-state index contributed by atoms with van der Waals surface area (Å²) in [5.74, 6) is 2.13. The number of likely N-dealkylation sites (N-methyl/N-ethyl adjacent to an activating group) is 1. The summed E-state index contributed by atoms with van der Waals surface area (Å²) in [6, 6.07) is 0.403. The summed E-state index contributed by atoms with van der Waals surface area (Å²) in [4.78, 5) is 2.30. The standard InChI is InChI=1S/C8H14N4/c1-6-8-10-9-7(2)12(8)5-4-11(6)3/h6H,4-5H2,1-3H3. The molecule has 2 heterocycles. The Bertz CT molecular complexity index is 291. The minimum Gasteiger partial charge on any atom is -0.313 e. The fourth-order valence-electron chi connectivity index (χ4n) is 1.63. The number of aromatic nitrogens is 3. The van der Waals surface area contributed by atoms with Crippen LogP contribution in [0.25, 0.3) is 0 Å². The van der Waals surface area contributed by atoms with E-state index in [1.165, 1.54) is 0 Å². The molecule has 1 aromatic rings. The number of nitrogens with zero attached hydrogens (tertiary/aromatic N) is 4. The van der Waals surface area contributed by atoms with E-state index >= 15 is 0 Å². The first kappa shape index (κ1) is 7.73. The van der Waals surface area contributed by atoms with Crippen molar-refractivity contribution in [2.45, 2.75) is 26.4 Å². The number of fused-ring (bicyclic) bond motifs is 1. The predicted molar refractivity (Wildman–Crippen MR) is 45.8 cm³/mol. The van der Waals surface area contributed by atoms with Crippen LogP contribution in [0.5, 0.6) is 0 Å². The molecule has 0 radical (unpaired) electrons. The maximum Gasteiger partial charge on any atom is 0.150 e. The first-order chi connectivity index (χ1) is 5.70. The van der Waals surface area contributed by atoms with Crippen molar-refractivity contribution in [3.8, 4) is 0 Å². The second kappa shape index (κ2) is 2.55. The minimum absolute atomic E-state index is 0.403. The average molecular weight is 166 g/mol. The van der Waals surface area contributed by atoms with E-state index in [9.17, 15) is 0 Å². The molecule has 1 unspecified atom stereocenters. The average Bonchev–Trinajstić information content (AvgIpc) is 2.41. The van der Waals surface area contributed by atoms with Crippen molar-refractivity contribution < 1.29 is 0 Å². The van der Waals surface area contributed by atoms with Crippen molar-refractivity contribution in [3.63, 3.8) is 0 Å². The summed E-state index contributed by atoms with van der Waals surface area (Å²) in [6.45, 7) is 6.29. The Hall–Kier alpha value is -0.900. The van der Waals surface area contributed by atoms with Crippen molar-refractivity contribution in [3.05, 3.63) is 11.6 Å². The zero-order valence-corrected chi connectivity index (χ0v) is 7.78. The zero-order chi connectivity index (χ0) is 8.72. The van der Waals surface area contributed by atoms with Crippen LogP contribution in [0.1, 0.15) is 24.6 Å². The predicted octanol–water partition coefficient (Wildman–Crippen LogP) is 0.593. The Morgan fingerprint density at radius 3 is 2.83 bits per heavy atom. The molecule has 1 aromatic heterocycles. The Morgan fingerprint density at radius 1 is 1.33 bits per heavy atom. The Labute approximate surface area is 72.2 Å². The van der Waals surface area contributed by atoms with E-state index in [4.69, 9.17) is 0 Å². The maximum absolute atomic E-state index is 4.16. The Balaban J connectivity index is 2.43. The number of hydrogen-bond donors (Lipinski definition) is 0. The van der Waals surface area contributed by atoms with Crippen LogP contribution in [-0.4, -0.2) is 33.3 Å². The number of hydrogen-bond acceptors (Lipinski definition) is 3. The third kappa shape index (κ3) is 0.948. The molecule has 12 heavy (non-hydrogen) atoms. The summed E-state index contributed by atoms with van der Waals surface area (Å²) in [6.07, 6.45) is 0. The lowest BCUT2D eigenvalue weighted by Gasteiger charge is -2.29. The molecule has 0 fully saturated rings. The first-order valence-corrected chi connectivity index (χ1v) is 4.30. The second-order valence-corrected chi connectivity index (χ2v) is 3.41. The molecule has 0 saturated carbocycles. The van der Waals surface area contributed by atoms with Gasteiger partial charge in [0.05, 0.1) is 6.04 Å². The Kier molecular flexibility index (Phi) is 1.65. The van der Waals surface area contributed by atoms with E-state index in [0.717, 1.165) is 24.7 Å². The molecule has 66 valence electrons. The monoisotopic (exact) mass is 166 g/mol. The van der Waals surface area contributed by atoms with E-state index in [-0.39, 0.29) is 0 Å². The van der Waals surface area contributed by atoms with Crippen molar-refractivity contribution in [2.24, 2.45) is 0 Å². The molecule has 4 nitrogen and oxygen atoms in total. The third-order valence-electron chi connectivity index (χ3n) is 2.68. The summed E-state index contributed by atoms with van der Waals surface area (Å²) >= 11 is 0. The van der Waals surface area contributed by atoms with E-state index < -0.39 is 0 Å². The fourth-order valence-corrected chi connectivity index (χ4v) is 1.63. The van der Waals surface area contributed by atoms with Crippen LogP contribution in [-0.2, 0) is 6.54 Å². The van der Waals surface area contributed by atoms with Crippen molar-refractivity contribution >= 4 is 0 Å². The van der Waals surface area contributed by atoms with Gasteiger partial charge in [-0.25, -0.2) is 0 Å². The number of rotatable bonds is 0. The van der Waals surface area contributed by atoms with Crippen LogP contribution in [0.3, 0.4) is 0 Å². The lowest BCUT2D eigenvalue weighted by molar-refractivity contribution is 0.204. The van der Waals surface area contributed by atoms with Gasteiger partial charge in [0.2, 0.25) is 0 Å². The molecule has 2 rings (SSSR count). The lowest BCUT2D eigenvalue weighted by Crippen LogP contribution is -2.34. The van der Waals surface area contributed by atoms with Gasteiger partial charge in [-0.15, -0.1) is 10.2 Å². The van der Waals surface area contributed by atoms with Gasteiger partial charge in [-0.1, -0.05) is 0 Å². The van der Waals surface area contributed by atoms with E-state index in [2.05, 4.69) is 33.6 Å². The molecule has 4 heteroatoms. The molecular formula is C8H14N4. The van der Waals surface area contributed by atoms with Gasteiger partial charge in [0.15, 0.2) is 0 Å². The van der Waals surface area contributed by atoms with Gasteiger partial charge < -0.3 is 4.57 Å². The molecule has 0 saturated heterocycles. The minimum atomic E-state index is 0.403. The highest BCUT2D eigenvalue weighted by molar-refractivity contribution is 5.02. The van der Waals surface area contributed by atoms with Crippen molar-refractivity contribution in [1.29, 1.82) is 0 Å². The summed E-state index contributed by atoms with van der Waals surface area (Å²) in [5, 5.41) is 8.23. The summed E-state index contributed by atoms with van der Waals surface area (Å²) < 4.78 is 2.20. The van der Waals surface area contributed by atoms with Gasteiger partial charge >= 0.3 is 0 Å². The van der Waals surface area contributed by atoms with Crippen LogP contribution < -0.4 is 0 Å². The topological polar surface area (TPSA) is 34.0 Å². The molecule has 0 N–H and O–H groups in total. The van der Waals surface area contributed by atoms with Gasteiger partial charge in [0.25, 0.3) is 0 Å². The Morgan fingerprint density at radius 2 is 2.08 bits per heavy atom. The highest BCUT2D eigenvalue weighted by Gasteiger charge is 2.23. The molecule has 0 bridgehead atoms. The van der Waals surface area contributed by atoms with E-state index in [1.54, 1.807) is 0 Å². The van der Waals surface area contributed by atoms with Crippen LogP contribution >= 0.6 is 0 Å². The first-order valence-electron chi connectivity index (χ1n) is 4.30. The highest BCUT2D eigenvalue weighted by Crippen LogP contribution is 2.21. The van der Waals surface area contributed by atoms with Crippen LogP contribution in [0, 0.1) is 6.92 Å². The second-order valence-electron chi connectivity index (χ2n) is 3.41. The van der Waals surface area contributed by atoms with Gasteiger partial charge in [-0.3, -0.25) is 4.90 Å². The largest absolute Gasteiger partial charge is 0.313 e. The van der Waals surface area contributed by atoms with Crippen LogP contribution in [0.4, 0.5) is 0 Å². The van der Waals surface area contributed by atoms with E-state index in [0.29, 0.717) is 6.04 Å². The van der Waals surface area contributed by atoms with Crippen LogP contribution in [0.2, 0.25) is 0 Å². The summed E-state index contributed by atoms with van der Waals surface area (Å²) in [7, 11) is 2.12. The molecule has 0 aromatic carbocycles. The quantitative estimate of drug-likeness (QED) is 0.565. The summed E-state index contributed by atoms with van der Waals surface area (Å²) in [5.41, 5.74) is 0. The third-order valence-corrected chi connectivity index (χ3v) is 2.68. The molecular weight excluding hydrogens is 152 g/mol. The van der Waals surface area contributed by atoms with Crippen molar-refractivity contribution in [2.75, 3.05) is 13.6 Å². The molecule has 1 aliphatic heterocycles. The van der Waals surface area contributed by atoms with Gasteiger partial charge in [0.1, 0.15) is 11.6 Å². The normalized spacial score (nSPS) is 24.1. The van der Waals surface area contributed by atoms with Gasteiger partial charge in [0, 0.05) is 13.1 Å². The van der Waals surface area contributed by atoms with Crippen LogP contribution in [0.15, 0.2) is 0 Å². The fraction of sp³-hybridized carbons (Fsp3) is 0.750. The maximum atomic E-state index is 4.16. The van der Waals surface area contributed by atoms with Crippen molar-refractivity contribution in [1.82, 2.24) is 19.7 Å². The molecule has 0 amide bonds. The zero-order valence-electron chi connectivity index (χ0n) is 7.78. The molecule has 1 aliphatic rings. The van der Waals surface area contributed by atoms with Gasteiger partial charge in [-0.05, 0) is 20.9 Å². The smallest absolute Gasteiger partial charge is 0.150 e. The highest BCUT2D eigenvalue weighted by atomic mass is 15.3.